The summed E-state index contributed by atoms with van der Waals surface area (Å²) in [6.07, 6.45) is -1.81. The summed E-state index contributed by atoms with van der Waals surface area (Å²) in [7, 11) is 0. The van der Waals surface area contributed by atoms with Crippen molar-refractivity contribution in [2.24, 2.45) is 0 Å². The summed E-state index contributed by atoms with van der Waals surface area (Å²) in [4.78, 5) is 10.7. The van der Waals surface area contributed by atoms with Crippen LogP contribution in [-0.4, -0.2) is 16.5 Å². The molecule has 0 radical (unpaired) electrons. The van der Waals surface area contributed by atoms with Crippen LogP contribution in [0.2, 0.25) is 0 Å². The molecule has 0 unspecified atom stereocenters. The lowest BCUT2D eigenvalue weighted by Crippen LogP contribution is -2.16. The van der Waals surface area contributed by atoms with Crippen molar-refractivity contribution in [3.63, 3.8) is 0 Å². The maximum atomic E-state index is 11.8. The Labute approximate surface area is 73.0 Å². The number of carbonyl (C=O) groups is 1. The number of hydrogen-bond donors (Lipinski definition) is 0. The predicted octanol–water partition coefficient (Wildman–Crippen LogP) is 2.25. The summed E-state index contributed by atoms with van der Waals surface area (Å²) in [6, 6.07) is 1.37. The normalized spacial score (nSPS) is 11.7. The highest BCUT2D eigenvalue weighted by molar-refractivity contribution is 5.93. The van der Waals surface area contributed by atoms with E-state index in [2.05, 4.69) is 0 Å². The highest BCUT2D eigenvalue weighted by atomic mass is 19.4. The van der Waals surface area contributed by atoms with Crippen LogP contribution in [0, 0.1) is 0 Å². The SMILES string of the molecule is CC(=O)c1ccn(CC(F)(F)F)c1. The van der Waals surface area contributed by atoms with E-state index >= 15 is 0 Å². The van der Waals surface area contributed by atoms with Crippen molar-refractivity contribution in [3.05, 3.63) is 24.0 Å². The van der Waals surface area contributed by atoms with Gasteiger partial charge in [-0.15, -0.1) is 0 Å². The minimum absolute atomic E-state index is 0.235. The van der Waals surface area contributed by atoms with Gasteiger partial charge in [0.25, 0.3) is 0 Å². The lowest BCUT2D eigenvalue weighted by molar-refractivity contribution is -0.140. The van der Waals surface area contributed by atoms with E-state index in [0.29, 0.717) is 5.56 Å². The van der Waals surface area contributed by atoms with Crippen LogP contribution in [0.3, 0.4) is 0 Å². The minimum atomic E-state index is -4.24. The second-order valence-electron chi connectivity index (χ2n) is 2.74. The third-order valence-corrected chi connectivity index (χ3v) is 1.52. The molecule has 1 aromatic rings. The van der Waals surface area contributed by atoms with Crippen LogP contribution in [0.15, 0.2) is 18.5 Å². The fraction of sp³-hybridized carbons (Fsp3) is 0.375. The van der Waals surface area contributed by atoms with Crippen LogP contribution in [0.4, 0.5) is 13.2 Å². The number of hydrogen-bond acceptors (Lipinski definition) is 1. The first-order chi connectivity index (χ1) is 5.88. The minimum Gasteiger partial charge on any atom is -0.344 e. The average Bonchev–Trinajstić information content (AvgIpc) is 2.31. The molecule has 0 saturated carbocycles. The predicted molar refractivity (Wildman–Crippen MR) is 40.5 cm³/mol. The van der Waals surface area contributed by atoms with Crippen molar-refractivity contribution in [2.75, 3.05) is 0 Å². The van der Waals surface area contributed by atoms with Crippen molar-refractivity contribution >= 4 is 5.78 Å². The largest absolute Gasteiger partial charge is 0.406 e. The zero-order chi connectivity index (χ0) is 10.1. The highest BCUT2D eigenvalue weighted by Crippen LogP contribution is 2.18. The molecule has 13 heavy (non-hydrogen) atoms. The highest BCUT2D eigenvalue weighted by Gasteiger charge is 2.27. The second-order valence-corrected chi connectivity index (χ2v) is 2.74. The van der Waals surface area contributed by atoms with Gasteiger partial charge in [-0.1, -0.05) is 0 Å². The Balaban J connectivity index is 2.75. The molecule has 0 bridgehead atoms. The van der Waals surface area contributed by atoms with Gasteiger partial charge in [0.2, 0.25) is 0 Å². The van der Waals surface area contributed by atoms with E-state index in [1.54, 1.807) is 0 Å². The van der Waals surface area contributed by atoms with E-state index in [0.717, 1.165) is 4.57 Å². The number of ketones is 1. The summed E-state index contributed by atoms with van der Waals surface area (Å²) in [5.74, 6) is -0.235. The number of rotatable bonds is 2. The van der Waals surface area contributed by atoms with Gasteiger partial charge in [0.1, 0.15) is 6.54 Å². The zero-order valence-corrected chi connectivity index (χ0v) is 6.93. The van der Waals surface area contributed by atoms with E-state index in [-0.39, 0.29) is 5.78 Å². The van der Waals surface area contributed by atoms with Crippen molar-refractivity contribution in [2.45, 2.75) is 19.6 Å². The molecule has 1 aromatic heterocycles. The third kappa shape index (κ3) is 2.93. The molecule has 0 aliphatic heterocycles. The number of nitrogens with zero attached hydrogens (tertiary/aromatic N) is 1. The molecule has 0 N–H and O–H groups in total. The molecule has 0 aromatic carbocycles. The molecular weight excluding hydrogens is 183 g/mol. The van der Waals surface area contributed by atoms with Crippen molar-refractivity contribution in [3.8, 4) is 0 Å². The van der Waals surface area contributed by atoms with E-state index in [9.17, 15) is 18.0 Å². The first-order valence-electron chi connectivity index (χ1n) is 3.62. The van der Waals surface area contributed by atoms with Crippen LogP contribution >= 0.6 is 0 Å². The number of carbonyl (C=O) groups excluding carboxylic acids is 1. The molecule has 5 heteroatoms. The fourth-order valence-electron chi connectivity index (χ4n) is 0.954. The van der Waals surface area contributed by atoms with Crippen molar-refractivity contribution < 1.29 is 18.0 Å². The Kier molecular flexibility index (Phi) is 2.45. The van der Waals surface area contributed by atoms with Gasteiger partial charge in [-0.3, -0.25) is 4.79 Å². The summed E-state index contributed by atoms with van der Waals surface area (Å²) in [6.45, 7) is 0.257. The first kappa shape index (κ1) is 9.83. The molecule has 0 amide bonds. The lowest BCUT2D eigenvalue weighted by atomic mass is 10.2. The molecule has 0 saturated heterocycles. The smallest absolute Gasteiger partial charge is 0.344 e. The quantitative estimate of drug-likeness (QED) is 0.657. The molecule has 1 rings (SSSR count). The maximum absolute atomic E-state index is 11.8. The molecule has 1 heterocycles. The van der Waals surface area contributed by atoms with Gasteiger partial charge in [0.05, 0.1) is 0 Å². The Morgan fingerprint density at radius 1 is 1.54 bits per heavy atom. The van der Waals surface area contributed by atoms with Gasteiger partial charge >= 0.3 is 6.18 Å². The van der Waals surface area contributed by atoms with E-state index in [1.165, 1.54) is 25.4 Å². The van der Waals surface area contributed by atoms with E-state index < -0.39 is 12.7 Å². The number of alkyl halides is 3. The Morgan fingerprint density at radius 3 is 2.54 bits per heavy atom. The average molecular weight is 191 g/mol. The van der Waals surface area contributed by atoms with Crippen LogP contribution < -0.4 is 0 Å². The molecule has 72 valence electrons. The monoisotopic (exact) mass is 191 g/mol. The fourth-order valence-corrected chi connectivity index (χ4v) is 0.954. The lowest BCUT2D eigenvalue weighted by Gasteiger charge is -2.06. The zero-order valence-electron chi connectivity index (χ0n) is 6.93. The first-order valence-corrected chi connectivity index (χ1v) is 3.62. The molecule has 0 spiro atoms. The van der Waals surface area contributed by atoms with Crippen LogP contribution in [0.25, 0.3) is 0 Å². The molecular formula is C8H8F3NO. The molecule has 0 aliphatic carbocycles. The second kappa shape index (κ2) is 3.24. The molecule has 2 nitrogen and oxygen atoms in total. The van der Waals surface area contributed by atoms with Gasteiger partial charge in [-0.05, 0) is 13.0 Å². The number of Topliss-reactive ketones (excluding diaryl/α,β-unsaturated/α-hetero) is 1. The topological polar surface area (TPSA) is 22.0 Å². The van der Waals surface area contributed by atoms with Crippen LogP contribution in [0.5, 0.6) is 0 Å². The van der Waals surface area contributed by atoms with Crippen molar-refractivity contribution in [1.29, 1.82) is 0 Å². The van der Waals surface area contributed by atoms with Gasteiger partial charge < -0.3 is 4.57 Å². The standard InChI is InChI=1S/C8H8F3NO/c1-6(13)7-2-3-12(4-7)5-8(9,10)11/h2-4H,5H2,1H3. The molecule has 0 aliphatic rings. The van der Waals surface area contributed by atoms with Crippen molar-refractivity contribution in [1.82, 2.24) is 4.57 Å². The maximum Gasteiger partial charge on any atom is 0.406 e. The van der Waals surface area contributed by atoms with Crippen LogP contribution in [0.1, 0.15) is 17.3 Å². The molecule has 0 atom stereocenters. The Morgan fingerprint density at radius 2 is 2.15 bits per heavy atom. The Hall–Kier alpha value is -1.26. The summed E-state index contributed by atoms with van der Waals surface area (Å²) in [5.41, 5.74) is 0.296. The Bertz CT molecular complexity index is 313. The van der Waals surface area contributed by atoms with Crippen LogP contribution in [-0.2, 0) is 6.54 Å². The summed E-state index contributed by atoms with van der Waals surface area (Å²) in [5, 5.41) is 0. The van der Waals surface area contributed by atoms with E-state index in [4.69, 9.17) is 0 Å². The van der Waals surface area contributed by atoms with Gasteiger partial charge in [0, 0.05) is 18.0 Å². The number of aromatic nitrogens is 1. The van der Waals surface area contributed by atoms with E-state index in [1.807, 2.05) is 0 Å². The van der Waals surface area contributed by atoms with Gasteiger partial charge in [0.15, 0.2) is 5.78 Å². The molecule has 0 fully saturated rings. The summed E-state index contributed by atoms with van der Waals surface area (Å²) >= 11 is 0. The number of halogens is 3. The van der Waals surface area contributed by atoms with Gasteiger partial charge in [-0.2, -0.15) is 13.2 Å². The third-order valence-electron chi connectivity index (χ3n) is 1.52. The van der Waals surface area contributed by atoms with Gasteiger partial charge in [-0.25, -0.2) is 0 Å². The summed E-state index contributed by atoms with van der Waals surface area (Å²) < 4.78 is 36.5.